The van der Waals surface area contributed by atoms with Crippen molar-refractivity contribution in [3.63, 3.8) is 0 Å². The van der Waals surface area contributed by atoms with Crippen LogP contribution in [-0.4, -0.2) is 34.3 Å². The third-order valence-electron chi connectivity index (χ3n) is 6.12. The molecule has 184 valence electrons. The summed E-state index contributed by atoms with van der Waals surface area (Å²) in [6.07, 6.45) is 8.62. The van der Waals surface area contributed by atoms with E-state index in [0.29, 0.717) is 17.3 Å². The zero-order chi connectivity index (χ0) is 25.3. The lowest BCUT2D eigenvalue weighted by Gasteiger charge is -2.29. The summed E-state index contributed by atoms with van der Waals surface area (Å²) in [7, 11) is -3.39. The van der Waals surface area contributed by atoms with Crippen molar-refractivity contribution in [2.75, 3.05) is 15.9 Å². The van der Waals surface area contributed by atoms with Gasteiger partial charge in [-0.2, -0.15) is 0 Å². The normalized spacial score (nSPS) is 17.7. The van der Waals surface area contributed by atoms with Gasteiger partial charge in [0.05, 0.1) is 23.7 Å². The predicted molar refractivity (Wildman–Crippen MR) is 145 cm³/mol. The number of pyridine rings is 2. The predicted octanol–water partition coefficient (Wildman–Crippen LogP) is 4.18. The molecule has 1 aliphatic heterocycles. The second kappa shape index (κ2) is 9.71. The quantitative estimate of drug-likeness (QED) is 0.355. The van der Waals surface area contributed by atoms with Crippen LogP contribution in [0, 0.1) is 6.92 Å². The van der Waals surface area contributed by atoms with Crippen molar-refractivity contribution in [3.8, 4) is 0 Å². The lowest BCUT2D eigenvalue weighted by molar-refractivity contribution is 0.533. The second-order valence-electron chi connectivity index (χ2n) is 8.79. The van der Waals surface area contributed by atoms with Crippen LogP contribution >= 0.6 is 12.2 Å². The van der Waals surface area contributed by atoms with E-state index in [4.69, 9.17) is 12.2 Å². The number of thiocarbonyl (C=S) groups is 1. The molecule has 5 rings (SSSR count). The van der Waals surface area contributed by atoms with Crippen LogP contribution in [0.1, 0.15) is 34.6 Å². The molecule has 0 radical (unpaired) electrons. The molecular formula is C26H26N6O2S2. The molecule has 0 spiro atoms. The highest BCUT2D eigenvalue weighted by molar-refractivity contribution is 7.92. The standard InChI is InChI=1S/C26H26N6O2S2/c1-18-15-20(10-11-21(18)30-36(2,33)34)32-25(24(29-26(32)35)22-8-3-4-13-28-22)23-9-6-14-31(23)17-19-7-5-12-27-16-19/h3-16,24-25,30H,17H2,1-2H3,(H,29,35)/t24-,25-/m0/s1. The highest BCUT2D eigenvalue weighted by Gasteiger charge is 2.42. The largest absolute Gasteiger partial charge is 0.351 e. The number of aryl methyl sites for hydroxylation is 1. The highest BCUT2D eigenvalue weighted by atomic mass is 32.2. The van der Waals surface area contributed by atoms with Crippen LogP contribution in [0.25, 0.3) is 0 Å². The van der Waals surface area contributed by atoms with Gasteiger partial charge in [0.2, 0.25) is 10.0 Å². The maximum atomic E-state index is 11.8. The van der Waals surface area contributed by atoms with Crippen molar-refractivity contribution in [3.05, 3.63) is 108 Å². The third-order valence-corrected chi connectivity index (χ3v) is 7.03. The Kier molecular flexibility index (Phi) is 6.46. The topological polar surface area (TPSA) is 92.2 Å². The molecule has 0 bridgehead atoms. The van der Waals surface area contributed by atoms with E-state index in [2.05, 4.69) is 47.8 Å². The van der Waals surface area contributed by atoms with Crippen LogP contribution in [0.5, 0.6) is 0 Å². The van der Waals surface area contributed by atoms with Crippen molar-refractivity contribution in [1.29, 1.82) is 0 Å². The number of anilines is 2. The van der Waals surface area contributed by atoms with Crippen LogP contribution in [-0.2, 0) is 16.6 Å². The fourth-order valence-corrected chi connectivity index (χ4v) is 5.55. The number of nitrogens with one attached hydrogen (secondary N) is 2. The fraction of sp³-hybridized carbons (Fsp3) is 0.192. The van der Waals surface area contributed by atoms with Gasteiger partial charge in [-0.1, -0.05) is 12.1 Å². The molecule has 1 aliphatic rings. The van der Waals surface area contributed by atoms with Gasteiger partial charge < -0.3 is 14.8 Å². The summed E-state index contributed by atoms with van der Waals surface area (Å²) in [4.78, 5) is 11.0. The van der Waals surface area contributed by atoms with E-state index in [1.165, 1.54) is 0 Å². The van der Waals surface area contributed by atoms with E-state index in [1.54, 1.807) is 18.5 Å². The Balaban J connectivity index is 1.58. The average molecular weight is 519 g/mol. The van der Waals surface area contributed by atoms with Crippen LogP contribution in [0.15, 0.2) is 85.5 Å². The molecule has 2 atom stereocenters. The van der Waals surface area contributed by atoms with Crippen LogP contribution in [0.4, 0.5) is 11.4 Å². The minimum atomic E-state index is -3.39. The molecule has 1 aromatic carbocycles. The lowest BCUT2D eigenvalue weighted by atomic mass is 10.0. The van der Waals surface area contributed by atoms with Crippen molar-refractivity contribution in [2.45, 2.75) is 25.6 Å². The maximum absolute atomic E-state index is 11.8. The first-order chi connectivity index (χ1) is 17.3. The molecule has 4 heterocycles. The molecular weight excluding hydrogens is 492 g/mol. The second-order valence-corrected chi connectivity index (χ2v) is 10.9. The molecule has 10 heteroatoms. The molecule has 36 heavy (non-hydrogen) atoms. The average Bonchev–Trinajstić information content (AvgIpc) is 3.44. The molecule has 0 aliphatic carbocycles. The Hall–Kier alpha value is -3.76. The van der Waals surface area contributed by atoms with Crippen molar-refractivity contribution in [2.24, 2.45) is 0 Å². The summed E-state index contributed by atoms with van der Waals surface area (Å²) < 4.78 is 28.3. The van der Waals surface area contributed by atoms with Gasteiger partial charge in [-0.05, 0) is 78.8 Å². The first-order valence-electron chi connectivity index (χ1n) is 11.4. The van der Waals surface area contributed by atoms with Gasteiger partial charge in [-0.25, -0.2) is 8.42 Å². The molecule has 2 N–H and O–H groups in total. The molecule has 3 aromatic heterocycles. The van der Waals surface area contributed by atoms with E-state index in [9.17, 15) is 8.42 Å². The Morgan fingerprint density at radius 1 is 1.08 bits per heavy atom. The van der Waals surface area contributed by atoms with E-state index in [1.807, 2.05) is 55.6 Å². The Morgan fingerprint density at radius 3 is 2.64 bits per heavy atom. The van der Waals surface area contributed by atoms with Gasteiger partial charge in [0, 0.05) is 42.7 Å². The minimum Gasteiger partial charge on any atom is -0.351 e. The highest BCUT2D eigenvalue weighted by Crippen LogP contribution is 2.42. The number of benzene rings is 1. The van der Waals surface area contributed by atoms with Crippen molar-refractivity contribution >= 4 is 38.7 Å². The Bertz CT molecular complexity index is 1490. The van der Waals surface area contributed by atoms with Crippen molar-refractivity contribution < 1.29 is 8.42 Å². The minimum absolute atomic E-state index is 0.185. The van der Waals surface area contributed by atoms with Gasteiger partial charge in [0.15, 0.2) is 5.11 Å². The molecule has 0 amide bonds. The van der Waals surface area contributed by atoms with Crippen LogP contribution < -0.4 is 14.9 Å². The first-order valence-corrected chi connectivity index (χ1v) is 13.7. The molecule has 1 saturated heterocycles. The summed E-state index contributed by atoms with van der Waals surface area (Å²) in [6, 6.07) is 19.2. The van der Waals surface area contributed by atoms with Crippen molar-refractivity contribution in [1.82, 2.24) is 19.9 Å². The first kappa shape index (κ1) is 24.0. The zero-order valence-corrected chi connectivity index (χ0v) is 21.5. The van der Waals surface area contributed by atoms with E-state index in [0.717, 1.165) is 34.5 Å². The van der Waals surface area contributed by atoms with Gasteiger partial charge in [0.25, 0.3) is 0 Å². The summed E-state index contributed by atoms with van der Waals surface area (Å²) in [5.74, 6) is 0. The number of hydrogen-bond acceptors (Lipinski definition) is 5. The van der Waals surface area contributed by atoms with Gasteiger partial charge in [-0.15, -0.1) is 0 Å². The van der Waals surface area contributed by atoms with Gasteiger partial charge >= 0.3 is 0 Å². The smallest absolute Gasteiger partial charge is 0.229 e. The van der Waals surface area contributed by atoms with E-state index in [-0.39, 0.29) is 12.1 Å². The molecule has 8 nitrogen and oxygen atoms in total. The molecule has 1 fully saturated rings. The zero-order valence-electron chi connectivity index (χ0n) is 19.9. The number of sulfonamides is 1. The van der Waals surface area contributed by atoms with Crippen LogP contribution in [0.3, 0.4) is 0 Å². The Morgan fingerprint density at radius 2 is 1.94 bits per heavy atom. The number of nitrogens with zero attached hydrogens (tertiary/aromatic N) is 4. The van der Waals surface area contributed by atoms with Gasteiger partial charge in [0.1, 0.15) is 6.04 Å². The van der Waals surface area contributed by atoms with Gasteiger partial charge in [-0.3, -0.25) is 14.7 Å². The number of rotatable bonds is 7. The van der Waals surface area contributed by atoms with Crippen LogP contribution in [0.2, 0.25) is 0 Å². The summed E-state index contributed by atoms with van der Waals surface area (Å²) >= 11 is 5.84. The number of aromatic nitrogens is 3. The van der Waals surface area contributed by atoms with E-state index >= 15 is 0 Å². The summed E-state index contributed by atoms with van der Waals surface area (Å²) in [6.45, 7) is 2.54. The SMILES string of the molecule is Cc1cc(N2C(=S)N[C@@H](c3ccccn3)[C@@H]2c2cccn2Cc2cccnc2)ccc1NS(C)(=O)=O. The third kappa shape index (κ3) is 4.95. The molecule has 4 aromatic rings. The van der Waals surface area contributed by atoms with E-state index < -0.39 is 10.0 Å². The Labute approximate surface area is 216 Å². The fourth-order valence-electron chi connectivity index (χ4n) is 4.57. The summed E-state index contributed by atoms with van der Waals surface area (Å²) in [5.41, 5.74) is 5.24. The monoisotopic (exact) mass is 518 g/mol. The summed E-state index contributed by atoms with van der Waals surface area (Å²) in [5, 5.41) is 4.06. The molecule has 0 unspecified atom stereocenters. The molecule has 0 saturated carbocycles. The number of hydrogen-bond donors (Lipinski definition) is 2. The maximum Gasteiger partial charge on any atom is 0.229 e. The lowest BCUT2D eigenvalue weighted by Crippen LogP contribution is -2.30.